The number of benzene rings is 1. The zero-order valence-corrected chi connectivity index (χ0v) is 9.46. The van der Waals surface area contributed by atoms with E-state index in [1.165, 1.54) is 13.2 Å². The molecule has 0 fully saturated rings. The number of halogens is 2. The molecule has 0 aromatic heterocycles. The molecular formula is C12H16F2O2. The van der Waals surface area contributed by atoms with Gasteiger partial charge in [0, 0.05) is 13.5 Å². The van der Waals surface area contributed by atoms with Gasteiger partial charge in [-0.2, -0.15) is 0 Å². The molecule has 0 aliphatic rings. The monoisotopic (exact) mass is 230 g/mol. The predicted octanol–water partition coefficient (Wildman–Crippen LogP) is 2.73. The topological polar surface area (TPSA) is 29.5 Å². The molecule has 0 radical (unpaired) electrons. The van der Waals surface area contributed by atoms with Gasteiger partial charge in [-0.05, 0) is 24.5 Å². The van der Waals surface area contributed by atoms with E-state index in [-0.39, 0.29) is 17.9 Å². The molecule has 0 aliphatic carbocycles. The Labute approximate surface area is 93.9 Å². The normalized spacial score (nSPS) is 11.6. The highest BCUT2D eigenvalue weighted by Gasteiger charge is 2.29. The van der Waals surface area contributed by atoms with Crippen LogP contribution in [0.2, 0.25) is 0 Å². The molecule has 0 aliphatic heterocycles. The number of alkyl halides is 2. The fourth-order valence-electron chi connectivity index (χ4n) is 1.64. The van der Waals surface area contributed by atoms with Crippen LogP contribution in [0.1, 0.15) is 24.5 Å². The van der Waals surface area contributed by atoms with Crippen molar-refractivity contribution in [1.82, 2.24) is 0 Å². The Morgan fingerprint density at radius 1 is 1.38 bits per heavy atom. The van der Waals surface area contributed by atoms with Crippen molar-refractivity contribution in [2.75, 3.05) is 13.7 Å². The van der Waals surface area contributed by atoms with Gasteiger partial charge in [-0.3, -0.25) is 0 Å². The van der Waals surface area contributed by atoms with Gasteiger partial charge in [0.15, 0.2) is 0 Å². The molecule has 0 saturated heterocycles. The standard InChI is InChI=1S/C12H16F2O2/c1-12(13,14)10-7-3-5-9(6-4-8-15)11(10)16-2/h3,5,7,15H,4,6,8H2,1-2H3. The lowest BCUT2D eigenvalue weighted by atomic mass is 10.0. The van der Waals surface area contributed by atoms with Crippen molar-refractivity contribution in [3.05, 3.63) is 29.3 Å². The minimum absolute atomic E-state index is 0.0376. The average Bonchev–Trinajstić information content (AvgIpc) is 2.24. The highest BCUT2D eigenvalue weighted by Crippen LogP contribution is 2.36. The van der Waals surface area contributed by atoms with Gasteiger partial charge in [0.1, 0.15) is 5.75 Å². The Bertz CT molecular complexity index is 345. The summed E-state index contributed by atoms with van der Waals surface area (Å²) in [5.41, 5.74) is 0.598. The second-order valence-electron chi connectivity index (χ2n) is 3.71. The third-order valence-corrected chi connectivity index (χ3v) is 2.38. The van der Waals surface area contributed by atoms with Crippen molar-refractivity contribution in [2.45, 2.75) is 25.7 Å². The number of para-hydroxylation sites is 1. The summed E-state index contributed by atoms with van der Waals surface area (Å²) in [7, 11) is 1.38. The molecule has 1 aromatic rings. The zero-order chi connectivity index (χ0) is 12.2. The van der Waals surface area contributed by atoms with E-state index >= 15 is 0 Å². The van der Waals surface area contributed by atoms with Crippen LogP contribution in [0.15, 0.2) is 18.2 Å². The summed E-state index contributed by atoms with van der Waals surface area (Å²) in [6.45, 7) is 0.885. The first-order chi connectivity index (χ1) is 7.50. The lowest BCUT2D eigenvalue weighted by Gasteiger charge is -2.17. The number of aliphatic hydroxyl groups excluding tert-OH is 1. The van der Waals surface area contributed by atoms with Crippen LogP contribution >= 0.6 is 0 Å². The molecule has 1 rings (SSSR count). The number of aryl methyl sites for hydroxylation is 1. The minimum atomic E-state index is -2.92. The molecule has 0 amide bonds. The SMILES string of the molecule is COc1c(CCCO)cccc1C(C)(F)F. The highest BCUT2D eigenvalue weighted by atomic mass is 19.3. The van der Waals surface area contributed by atoms with Gasteiger partial charge in [0.05, 0.1) is 12.7 Å². The van der Waals surface area contributed by atoms with Gasteiger partial charge in [-0.25, -0.2) is 8.78 Å². The lowest BCUT2D eigenvalue weighted by Crippen LogP contribution is -2.10. The van der Waals surface area contributed by atoms with Gasteiger partial charge in [-0.15, -0.1) is 0 Å². The molecular weight excluding hydrogens is 214 g/mol. The summed E-state index contributed by atoms with van der Waals surface area (Å²) in [6.07, 6.45) is 1.07. The maximum absolute atomic E-state index is 13.3. The second-order valence-corrected chi connectivity index (χ2v) is 3.71. The highest BCUT2D eigenvalue weighted by molar-refractivity contribution is 5.43. The number of rotatable bonds is 5. The van der Waals surface area contributed by atoms with Gasteiger partial charge in [0.25, 0.3) is 5.92 Å². The van der Waals surface area contributed by atoms with Crippen LogP contribution in [-0.4, -0.2) is 18.8 Å². The predicted molar refractivity (Wildman–Crippen MR) is 58.0 cm³/mol. The van der Waals surface area contributed by atoms with Crippen molar-refractivity contribution < 1.29 is 18.6 Å². The van der Waals surface area contributed by atoms with E-state index in [9.17, 15) is 8.78 Å². The number of hydrogen-bond donors (Lipinski definition) is 1. The maximum atomic E-state index is 13.3. The summed E-state index contributed by atoms with van der Waals surface area (Å²) in [6, 6.07) is 4.69. The smallest absolute Gasteiger partial charge is 0.274 e. The van der Waals surface area contributed by atoms with Gasteiger partial charge in [-0.1, -0.05) is 12.1 Å². The summed E-state index contributed by atoms with van der Waals surface area (Å²) >= 11 is 0. The zero-order valence-electron chi connectivity index (χ0n) is 9.46. The van der Waals surface area contributed by atoms with Crippen molar-refractivity contribution in [2.24, 2.45) is 0 Å². The van der Waals surface area contributed by atoms with Crippen molar-refractivity contribution in [3.63, 3.8) is 0 Å². The molecule has 0 atom stereocenters. The van der Waals surface area contributed by atoms with Crippen LogP contribution in [0.25, 0.3) is 0 Å². The van der Waals surface area contributed by atoms with E-state index in [1.54, 1.807) is 12.1 Å². The third-order valence-electron chi connectivity index (χ3n) is 2.38. The Morgan fingerprint density at radius 2 is 2.06 bits per heavy atom. The summed E-state index contributed by atoms with van der Waals surface area (Å²) < 4.78 is 31.6. The van der Waals surface area contributed by atoms with Crippen molar-refractivity contribution in [1.29, 1.82) is 0 Å². The minimum Gasteiger partial charge on any atom is -0.496 e. The molecule has 1 aromatic carbocycles. The van der Waals surface area contributed by atoms with Crippen LogP contribution in [0.5, 0.6) is 5.75 Å². The van der Waals surface area contributed by atoms with E-state index in [4.69, 9.17) is 9.84 Å². The molecule has 0 bridgehead atoms. The molecule has 4 heteroatoms. The van der Waals surface area contributed by atoms with E-state index in [1.807, 2.05) is 0 Å². The molecule has 2 nitrogen and oxygen atoms in total. The molecule has 0 spiro atoms. The van der Waals surface area contributed by atoms with Gasteiger partial charge >= 0.3 is 0 Å². The Hall–Kier alpha value is -1.16. The van der Waals surface area contributed by atoms with Crippen molar-refractivity contribution in [3.8, 4) is 5.75 Å². The number of methoxy groups -OCH3 is 1. The Kier molecular flexibility index (Phi) is 4.24. The number of hydrogen-bond acceptors (Lipinski definition) is 2. The van der Waals surface area contributed by atoms with Gasteiger partial charge in [0.2, 0.25) is 0 Å². The van der Waals surface area contributed by atoms with E-state index in [2.05, 4.69) is 0 Å². The quantitative estimate of drug-likeness (QED) is 0.842. The number of ether oxygens (including phenoxy) is 1. The maximum Gasteiger partial charge on any atom is 0.274 e. The fraction of sp³-hybridized carbons (Fsp3) is 0.500. The molecule has 0 heterocycles. The third kappa shape index (κ3) is 2.92. The van der Waals surface area contributed by atoms with E-state index in [0.717, 1.165) is 6.92 Å². The summed E-state index contributed by atoms with van der Waals surface area (Å²) in [5, 5.41) is 8.73. The van der Waals surface area contributed by atoms with Crippen LogP contribution < -0.4 is 4.74 Å². The first kappa shape index (κ1) is 12.9. The van der Waals surface area contributed by atoms with Crippen molar-refractivity contribution >= 4 is 0 Å². The van der Waals surface area contributed by atoms with Crippen LogP contribution in [0.4, 0.5) is 8.78 Å². The van der Waals surface area contributed by atoms with E-state index < -0.39 is 5.92 Å². The van der Waals surface area contributed by atoms with Crippen LogP contribution in [0.3, 0.4) is 0 Å². The lowest BCUT2D eigenvalue weighted by molar-refractivity contribution is 0.0149. The first-order valence-corrected chi connectivity index (χ1v) is 5.15. The summed E-state index contributed by atoms with van der Waals surface area (Å²) in [4.78, 5) is 0. The molecule has 16 heavy (non-hydrogen) atoms. The Morgan fingerprint density at radius 3 is 2.56 bits per heavy atom. The average molecular weight is 230 g/mol. The molecule has 0 unspecified atom stereocenters. The van der Waals surface area contributed by atoms with Crippen LogP contribution in [0, 0.1) is 0 Å². The molecule has 0 saturated carbocycles. The Balaban J connectivity index is 3.11. The summed E-state index contributed by atoms with van der Waals surface area (Å²) in [5.74, 6) is -2.69. The largest absolute Gasteiger partial charge is 0.496 e. The second kappa shape index (κ2) is 5.25. The fourth-order valence-corrected chi connectivity index (χ4v) is 1.64. The molecule has 1 N–H and O–H groups in total. The van der Waals surface area contributed by atoms with Crippen LogP contribution in [-0.2, 0) is 12.3 Å². The number of aliphatic hydroxyl groups is 1. The first-order valence-electron chi connectivity index (χ1n) is 5.15. The van der Waals surface area contributed by atoms with E-state index in [0.29, 0.717) is 18.4 Å². The molecule has 90 valence electrons. The van der Waals surface area contributed by atoms with Gasteiger partial charge < -0.3 is 9.84 Å².